The van der Waals surface area contributed by atoms with Gasteiger partial charge in [0, 0.05) is 50.0 Å². The third kappa shape index (κ3) is 6.69. The normalized spacial score (nSPS) is 25.3. The smallest absolute Gasteiger partial charge is 0.224 e. The van der Waals surface area contributed by atoms with Gasteiger partial charge in [-0.1, -0.05) is 30.3 Å². The molecule has 0 bridgehead atoms. The maximum absolute atomic E-state index is 13.1. The molecule has 2 aromatic carbocycles. The summed E-state index contributed by atoms with van der Waals surface area (Å²) in [5, 5.41) is 6.03. The van der Waals surface area contributed by atoms with Gasteiger partial charge in [-0.25, -0.2) is 0 Å². The van der Waals surface area contributed by atoms with E-state index in [1.54, 1.807) is 0 Å². The van der Waals surface area contributed by atoms with Gasteiger partial charge in [0.2, 0.25) is 11.8 Å². The van der Waals surface area contributed by atoms with Crippen LogP contribution in [-0.4, -0.2) is 74.3 Å². The number of Topliss-reactive ketones (excluding diaryl/α,β-unsaturated/α-hetero) is 1. The second-order valence-electron chi connectivity index (χ2n) is 12.2. The minimum atomic E-state index is -0.479. The molecule has 3 aliphatic heterocycles. The van der Waals surface area contributed by atoms with Gasteiger partial charge in [-0.2, -0.15) is 0 Å². The van der Waals surface area contributed by atoms with Gasteiger partial charge in [-0.05, 0) is 60.9 Å². The molecule has 42 heavy (non-hydrogen) atoms. The van der Waals surface area contributed by atoms with E-state index in [4.69, 9.17) is 14.2 Å². The highest BCUT2D eigenvalue weighted by Gasteiger charge is 2.54. The van der Waals surface area contributed by atoms with Crippen LogP contribution in [0.2, 0.25) is 0 Å². The van der Waals surface area contributed by atoms with E-state index in [1.807, 2.05) is 37.3 Å². The number of nitrogens with zero attached hydrogens (tertiary/aromatic N) is 1. The number of rotatable bonds is 11. The number of carbonyl (C=O) groups excluding carboxylic acids is 3. The quantitative estimate of drug-likeness (QED) is 0.397. The lowest BCUT2D eigenvalue weighted by Crippen LogP contribution is -2.48. The van der Waals surface area contributed by atoms with Crippen LogP contribution in [-0.2, 0) is 38.4 Å². The van der Waals surface area contributed by atoms with Crippen molar-refractivity contribution in [3.8, 4) is 5.75 Å². The first-order valence-electron chi connectivity index (χ1n) is 15.3. The Morgan fingerprint density at radius 2 is 1.93 bits per heavy atom. The molecule has 6 rings (SSSR count). The molecule has 9 nitrogen and oxygen atoms in total. The van der Waals surface area contributed by atoms with Crippen LogP contribution >= 0.6 is 0 Å². The molecule has 224 valence electrons. The fourth-order valence-electron chi connectivity index (χ4n) is 6.62. The van der Waals surface area contributed by atoms with Crippen LogP contribution in [0.5, 0.6) is 5.75 Å². The van der Waals surface area contributed by atoms with Crippen molar-refractivity contribution in [1.82, 2.24) is 15.5 Å². The average molecular weight is 576 g/mol. The Labute approximate surface area is 247 Å². The topological polar surface area (TPSA) is 110 Å². The molecule has 2 amide bonds. The molecule has 3 heterocycles. The molecule has 3 fully saturated rings. The van der Waals surface area contributed by atoms with E-state index in [9.17, 15) is 14.4 Å². The molecule has 0 saturated carbocycles. The Balaban J connectivity index is 0.951. The second kappa shape index (κ2) is 12.5. The summed E-state index contributed by atoms with van der Waals surface area (Å²) in [6, 6.07) is 11.8. The molecule has 0 radical (unpaired) electrons. The SMILES string of the molecule is Cc1cc(CC(=O)NCc2ccc3c(c2)CC(CCC2CCC(=O)NC24CO4)C3=O)ccc1OCCN1CCOCC1. The van der Waals surface area contributed by atoms with Crippen molar-refractivity contribution < 1.29 is 28.6 Å². The van der Waals surface area contributed by atoms with Crippen molar-refractivity contribution in [3.63, 3.8) is 0 Å². The third-order valence-corrected chi connectivity index (χ3v) is 9.18. The highest BCUT2D eigenvalue weighted by Crippen LogP contribution is 2.42. The van der Waals surface area contributed by atoms with Gasteiger partial charge in [-0.3, -0.25) is 19.3 Å². The van der Waals surface area contributed by atoms with Crippen LogP contribution in [0.15, 0.2) is 36.4 Å². The maximum Gasteiger partial charge on any atom is 0.224 e. The first-order chi connectivity index (χ1) is 20.4. The van der Waals surface area contributed by atoms with E-state index in [0.717, 1.165) is 92.1 Å². The van der Waals surface area contributed by atoms with Gasteiger partial charge in [0.25, 0.3) is 0 Å². The van der Waals surface area contributed by atoms with Gasteiger partial charge in [0.05, 0.1) is 26.2 Å². The molecule has 2 aromatic rings. The fourth-order valence-corrected chi connectivity index (χ4v) is 6.62. The van der Waals surface area contributed by atoms with E-state index in [1.165, 1.54) is 0 Å². The first kappa shape index (κ1) is 28.8. The van der Waals surface area contributed by atoms with E-state index in [2.05, 4.69) is 21.6 Å². The molecule has 2 N–H and O–H groups in total. The first-order valence-corrected chi connectivity index (χ1v) is 15.3. The van der Waals surface area contributed by atoms with Gasteiger partial charge < -0.3 is 24.8 Å². The number of ether oxygens (including phenoxy) is 3. The van der Waals surface area contributed by atoms with Crippen molar-refractivity contribution in [1.29, 1.82) is 0 Å². The number of hydrogen-bond donors (Lipinski definition) is 2. The maximum atomic E-state index is 13.1. The Morgan fingerprint density at radius 3 is 2.71 bits per heavy atom. The summed E-state index contributed by atoms with van der Waals surface area (Å²) < 4.78 is 17.0. The van der Waals surface area contributed by atoms with E-state index < -0.39 is 5.72 Å². The van der Waals surface area contributed by atoms with Crippen LogP contribution < -0.4 is 15.4 Å². The predicted molar refractivity (Wildman–Crippen MR) is 156 cm³/mol. The minimum Gasteiger partial charge on any atom is -0.492 e. The molecule has 3 saturated heterocycles. The molecular formula is C33H41N3O6. The Kier molecular flexibility index (Phi) is 8.60. The number of carbonyl (C=O) groups is 3. The summed E-state index contributed by atoms with van der Waals surface area (Å²) >= 11 is 0. The standard InChI is InChI=1S/C33H41N3O6/c1-22-16-23(3-8-29(22)41-15-12-36-10-13-40-14-11-36)18-31(38)34-20-24-2-7-28-26(17-24)19-25(32(28)39)4-5-27-6-9-30(37)35-33(27)21-42-33/h2-3,7-8,16-17,25,27H,4-6,9-15,18-21H2,1H3,(H,34,38)(H,35,37). The van der Waals surface area contributed by atoms with Crippen LogP contribution in [0.3, 0.4) is 0 Å². The largest absolute Gasteiger partial charge is 0.492 e. The zero-order valence-corrected chi connectivity index (χ0v) is 24.4. The average Bonchev–Trinajstić information content (AvgIpc) is 3.67. The predicted octanol–water partition coefficient (Wildman–Crippen LogP) is 2.95. The summed E-state index contributed by atoms with van der Waals surface area (Å²) in [6.45, 7) is 7.97. The number of amides is 2. The number of hydrogen-bond acceptors (Lipinski definition) is 7. The van der Waals surface area contributed by atoms with Crippen molar-refractivity contribution in [3.05, 3.63) is 64.2 Å². The minimum absolute atomic E-state index is 0.0344. The summed E-state index contributed by atoms with van der Waals surface area (Å²) in [5.41, 5.74) is 4.35. The molecule has 4 aliphatic rings. The van der Waals surface area contributed by atoms with Crippen LogP contribution in [0.25, 0.3) is 0 Å². The fraction of sp³-hybridized carbons (Fsp3) is 0.545. The lowest BCUT2D eigenvalue weighted by molar-refractivity contribution is -0.127. The van der Waals surface area contributed by atoms with Crippen molar-refractivity contribution in [2.75, 3.05) is 46.1 Å². The third-order valence-electron chi connectivity index (χ3n) is 9.18. The number of benzene rings is 2. The van der Waals surface area contributed by atoms with E-state index >= 15 is 0 Å². The molecular weight excluding hydrogens is 534 g/mol. The zero-order valence-electron chi connectivity index (χ0n) is 24.4. The number of fused-ring (bicyclic) bond motifs is 1. The van der Waals surface area contributed by atoms with E-state index in [-0.39, 0.29) is 29.4 Å². The Morgan fingerprint density at radius 1 is 1.12 bits per heavy atom. The van der Waals surface area contributed by atoms with E-state index in [0.29, 0.717) is 32.6 Å². The zero-order chi connectivity index (χ0) is 29.1. The Hall–Kier alpha value is -3.27. The molecule has 3 atom stereocenters. The van der Waals surface area contributed by atoms with Crippen LogP contribution in [0, 0.1) is 18.8 Å². The van der Waals surface area contributed by atoms with Crippen molar-refractivity contribution in [2.45, 2.75) is 57.7 Å². The lowest BCUT2D eigenvalue weighted by Gasteiger charge is -2.30. The van der Waals surface area contributed by atoms with Gasteiger partial charge in [-0.15, -0.1) is 0 Å². The molecule has 1 spiro atoms. The summed E-state index contributed by atoms with van der Waals surface area (Å²) in [6.07, 6.45) is 4.03. The monoisotopic (exact) mass is 575 g/mol. The number of nitrogens with one attached hydrogen (secondary N) is 2. The summed E-state index contributed by atoms with van der Waals surface area (Å²) in [5.74, 6) is 1.30. The number of morpholine rings is 1. The number of aryl methyl sites for hydroxylation is 1. The molecule has 9 heteroatoms. The van der Waals surface area contributed by atoms with Gasteiger partial charge in [0.1, 0.15) is 12.4 Å². The number of epoxide rings is 1. The van der Waals surface area contributed by atoms with Crippen molar-refractivity contribution >= 4 is 17.6 Å². The van der Waals surface area contributed by atoms with Crippen LogP contribution in [0.1, 0.15) is 58.3 Å². The molecule has 0 aromatic heterocycles. The second-order valence-corrected chi connectivity index (χ2v) is 12.2. The van der Waals surface area contributed by atoms with Gasteiger partial charge in [0.15, 0.2) is 11.5 Å². The van der Waals surface area contributed by atoms with Gasteiger partial charge >= 0.3 is 0 Å². The summed E-state index contributed by atoms with van der Waals surface area (Å²) in [7, 11) is 0. The highest BCUT2D eigenvalue weighted by atomic mass is 16.6. The molecule has 3 unspecified atom stereocenters. The van der Waals surface area contributed by atoms with Crippen molar-refractivity contribution in [2.24, 2.45) is 11.8 Å². The number of piperidine rings is 1. The Bertz CT molecular complexity index is 1330. The number of ketones is 1. The molecule has 1 aliphatic carbocycles. The summed E-state index contributed by atoms with van der Waals surface area (Å²) in [4.78, 5) is 39.9. The lowest BCUT2D eigenvalue weighted by atomic mass is 9.84. The highest BCUT2D eigenvalue weighted by molar-refractivity contribution is 6.02. The van der Waals surface area contributed by atoms with Crippen LogP contribution in [0.4, 0.5) is 0 Å².